The van der Waals surface area contributed by atoms with Crippen LogP contribution in [0.5, 0.6) is 5.75 Å². The van der Waals surface area contributed by atoms with Gasteiger partial charge in [-0.15, -0.1) is 12.4 Å². The first kappa shape index (κ1) is 25.0. The lowest BCUT2D eigenvalue weighted by Gasteiger charge is -2.34. The van der Waals surface area contributed by atoms with Gasteiger partial charge in [0.05, 0.1) is 4.90 Å². The highest BCUT2D eigenvalue weighted by Crippen LogP contribution is 2.39. The monoisotopic (exact) mass is 479 g/mol. The predicted octanol–water partition coefficient (Wildman–Crippen LogP) is 3.57. The minimum Gasteiger partial charge on any atom is -0.490 e. The molecule has 0 spiro atoms. The third kappa shape index (κ3) is 4.82. The van der Waals surface area contributed by atoms with Crippen LogP contribution in [0.15, 0.2) is 41.3 Å². The van der Waals surface area contributed by atoms with Gasteiger partial charge >= 0.3 is 0 Å². The number of rotatable bonds is 6. The van der Waals surface area contributed by atoms with E-state index in [4.69, 9.17) is 4.74 Å². The summed E-state index contributed by atoms with van der Waals surface area (Å²) in [5.74, 6) is 0.857. The van der Waals surface area contributed by atoms with E-state index in [9.17, 15) is 8.42 Å². The fourth-order valence-electron chi connectivity index (χ4n) is 4.72. The molecule has 2 aromatic carbocycles. The molecule has 8 heteroatoms. The van der Waals surface area contributed by atoms with Gasteiger partial charge in [0.25, 0.3) is 0 Å². The lowest BCUT2D eigenvalue weighted by atomic mass is 9.92. The third-order valence-corrected chi connectivity index (χ3v) is 8.38. The summed E-state index contributed by atoms with van der Waals surface area (Å²) in [6.45, 7) is 5.50. The van der Waals surface area contributed by atoms with Gasteiger partial charge in [0.15, 0.2) is 0 Å². The molecule has 0 bridgehead atoms. The lowest BCUT2D eigenvalue weighted by Crippen LogP contribution is -2.45. The van der Waals surface area contributed by atoms with E-state index in [0.717, 1.165) is 48.2 Å². The second kappa shape index (κ2) is 10.1. The van der Waals surface area contributed by atoms with Crippen molar-refractivity contribution in [3.8, 4) is 5.75 Å². The maximum atomic E-state index is 13.0. The van der Waals surface area contributed by atoms with Crippen LogP contribution in [0.4, 0.5) is 0 Å². The van der Waals surface area contributed by atoms with E-state index in [0.29, 0.717) is 11.4 Å². The zero-order chi connectivity index (χ0) is 22.2. The molecule has 0 aromatic heterocycles. The molecule has 1 fully saturated rings. The Labute approximate surface area is 198 Å². The molecule has 1 saturated heterocycles. The highest BCUT2D eigenvalue weighted by Gasteiger charge is 2.32. The van der Waals surface area contributed by atoms with E-state index in [-0.39, 0.29) is 30.6 Å². The van der Waals surface area contributed by atoms with E-state index in [1.165, 1.54) is 9.87 Å². The molecule has 2 N–H and O–H groups in total. The van der Waals surface area contributed by atoms with Gasteiger partial charge in [-0.2, -0.15) is 0 Å². The molecular weight excluding hydrogens is 446 g/mol. The number of nitrogens with one attached hydrogen (secondary N) is 2. The van der Waals surface area contributed by atoms with Crippen LogP contribution in [0.25, 0.3) is 0 Å². The Bertz CT molecular complexity index is 1040. The van der Waals surface area contributed by atoms with Crippen molar-refractivity contribution in [3.63, 3.8) is 0 Å². The van der Waals surface area contributed by atoms with Gasteiger partial charge in [0, 0.05) is 50.3 Å². The summed E-state index contributed by atoms with van der Waals surface area (Å²) in [5.41, 5.74) is 4.02. The van der Waals surface area contributed by atoms with Crippen molar-refractivity contribution in [3.05, 3.63) is 58.7 Å². The molecule has 2 aromatic rings. The summed E-state index contributed by atoms with van der Waals surface area (Å²) in [4.78, 5) is 0.382. The fraction of sp³-hybridized carbons (Fsp3) is 0.500. The van der Waals surface area contributed by atoms with Crippen LogP contribution in [0.3, 0.4) is 0 Å². The number of hydrogen-bond acceptors (Lipinski definition) is 5. The third-order valence-electron chi connectivity index (χ3n) is 6.43. The summed E-state index contributed by atoms with van der Waals surface area (Å²) in [5, 5.41) is 7.35. The summed E-state index contributed by atoms with van der Waals surface area (Å²) in [6, 6.07) is 12.8. The number of benzene rings is 2. The molecular formula is C24H34ClN3O3S. The standard InChI is InChI=1S/C24H33N3O3S.ClH/c1-16-13-20-17(2)22(31(28,29)27(3)4)14-19(24(20)30-16)15-26-21-11-8-12-25-23(21)18-9-6-5-7-10-18;/h5-7,9-10,14,16,21,23,25-26H,8,11-13,15H2,1-4H3;1H/t16?,21-,23-;/m0./s1. The molecule has 2 heterocycles. The fourth-order valence-corrected chi connectivity index (χ4v) is 5.92. The number of nitrogens with zero attached hydrogens (tertiary/aromatic N) is 1. The molecule has 2 aliphatic heterocycles. The summed E-state index contributed by atoms with van der Waals surface area (Å²) < 4.78 is 33.4. The Kier molecular flexibility index (Phi) is 7.89. The first-order valence-corrected chi connectivity index (χ1v) is 12.5. The van der Waals surface area contributed by atoms with Crippen LogP contribution in [0.1, 0.15) is 48.1 Å². The maximum Gasteiger partial charge on any atom is 0.242 e. The topological polar surface area (TPSA) is 70.7 Å². The number of ether oxygens (including phenoxy) is 1. The number of piperidine rings is 1. The number of hydrogen-bond donors (Lipinski definition) is 2. The molecule has 176 valence electrons. The van der Waals surface area contributed by atoms with E-state index in [1.807, 2.05) is 26.0 Å². The quantitative estimate of drug-likeness (QED) is 0.662. The van der Waals surface area contributed by atoms with Gasteiger partial charge in [-0.1, -0.05) is 30.3 Å². The van der Waals surface area contributed by atoms with Crippen molar-refractivity contribution in [2.45, 2.75) is 62.7 Å². The molecule has 1 unspecified atom stereocenters. The van der Waals surface area contributed by atoms with E-state index in [1.54, 1.807) is 14.1 Å². The molecule has 2 aliphatic rings. The van der Waals surface area contributed by atoms with E-state index in [2.05, 4.69) is 34.9 Å². The second-order valence-electron chi connectivity index (χ2n) is 8.86. The van der Waals surface area contributed by atoms with Crippen LogP contribution >= 0.6 is 12.4 Å². The van der Waals surface area contributed by atoms with Gasteiger partial charge in [0.2, 0.25) is 10.0 Å². The smallest absolute Gasteiger partial charge is 0.242 e. The van der Waals surface area contributed by atoms with Crippen LogP contribution in [-0.2, 0) is 23.0 Å². The highest BCUT2D eigenvalue weighted by molar-refractivity contribution is 7.89. The minimum atomic E-state index is -3.53. The number of halogens is 1. The predicted molar refractivity (Wildman–Crippen MR) is 130 cm³/mol. The Hall–Kier alpha value is -1.64. The Morgan fingerprint density at radius 1 is 1.22 bits per heavy atom. The SMILES string of the molecule is Cc1c(S(=O)(=O)N(C)C)cc(CN[C@H]2CCCN[C@H]2c2ccccc2)c2c1CC(C)O2.Cl. The van der Waals surface area contributed by atoms with E-state index >= 15 is 0 Å². The van der Waals surface area contributed by atoms with Gasteiger partial charge in [-0.3, -0.25) is 0 Å². The normalized spacial score (nSPS) is 22.8. The minimum absolute atomic E-state index is 0. The number of sulfonamides is 1. The highest BCUT2D eigenvalue weighted by atomic mass is 35.5. The van der Waals surface area contributed by atoms with Crippen molar-refractivity contribution in [1.29, 1.82) is 0 Å². The van der Waals surface area contributed by atoms with Crippen LogP contribution in [0.2, 0.25) is 0 Å². The van der Waals surface area contributed by atoms with Gasteiger partial charge in [-0.05, 0) is 50.4 Å². The molecule has 0 amide bonds. The molecule has 0 radical (unpaired) electrons. The molecule has 0 aliphatic carbocycles. The van der Waals surface area contributed by atoms with Crippen molar-refractivity contribution in [1.82, 2.24) is 14.9 Å². The van der Waals surface area contributed by atoms with Crippen molar-refractivity contribution in [2.24, 2.45) is 0 Å². The molecule has 3 atom stereocenters. The van der Waals surface area contributed by atoms with Gasteiger partial charge < -0.3 is 15.4 Å². The molecule has 6 nitrogen and oxygen atoms in total. The van der Waals surface area contributed by atoms with Crippen molar-refractivity contribution in [2.75, 3.05) is 20.6 Å². The Morgan fingerprint density at radius 3 is 2.62 bits per heavy atom. The van der Waals surface area contributed by atoms with Crippen LogP contribution < -0.4 is 15.4 Å². The van der Waals surface area contributed by atoms with Crippen LogP contribution in [0, 0.1) is 6.92 Å². The average molecular weight is 480 g/mol. The Balaban J connectivity index is 0.00000289. The van der Waals surface area contributed by atoms with Crippen LogP contribution in [-0.4, -0.2) is 45.5 Å². The summed E-state index contributed by atoms with van der Waals surface area (Å²) >= 11 is 0. The van der Waals surface area contributed by atoms with E-state index < -0.39 is 10.0 Å². The first-order chi connectivity index (χ1) is 14.8. The summed E-state index contributed by atoms with van der Waals surface area (Å²) in [7, 11) is -0.367. The number of fused-ring (bicyclic) bond motifs is 1. The first-order valence-electron chi connectivity index (χ1n) is 11.0. The van der Waals surface area contributed by atoms with Crippen molar-refractivity contribution < 1.29 is 13.2 Å². The molecule has 0 saturated carbocycles. The Morgan fingerprint density at radius 2 is 1.94 bits per heavy atom. The maximum absolute atomic E-state index is 13.0. The molecule has 4 rings (SSSR count). The van der Waals surface area contributed by atoms with Crippen molar-refractivity contribution >= 4 is 22.4 Å². The average Bonchev–Trinajstić information content (AvgIpc) is 3.16. The molecule has 32 heavy (non-hydrogen) atoms. The summed E-state index contributed by atoms with van der Waals surface area (Å²) in [6.07, 6.45) is 2.97. The largest absolute Gasteiger partial charge is 0.490 e. The zero-order valence-electron chi connectivity index (χ0n) is 19.2. The zero-order valence-corrected chi connectivity index (χ0v) is 20.9. The van der Waals surface area contributed by atoms with Gasteiger partial charge in [0.1, 0.15) is 11.9 Å². The second-order valence-corrected chi connectivity index (χ2v) is 11.0. The van der Waals surface area contributed by atoms with Gasteiger partial charge in [-0.25, -0.2) is 12.7 Å². The lowest BCUT2D eigenvalue weighted by molar-refractivity contribution is 0.250.